The van der Waals surface area contributed by atoms with E-state index in [9.17, 15) is 28.1 Å². The van der Waals surface area contributed by atoms with Gasteiger partial charge in [-0.05, 0) is 26.0 Å². The molecule has 1 heterocycles. The van der Waals surface area contributed by atoms with Crippen LogP contribution in [0, 0.1) is 22.9 Å². The molecule has 2 aromatic rings. The van der Waals surface area contributed by atoms with Crippen LogP contribution in [0.25, 0.3) is 0 Å². The van der Waals surface area contributed by atoms with Gasteiger partial charge in [0.2, 0.25) is 5.91 Å². The molecule has 0 aliphatic rings. The van der Waals surface area contributed by atoms with Crippen molar-refractivity contribution in [1.82, 2.24) is 9.78 Å². The number of hydrogen-bond donors (Lipinski definition) is 1. The molecule has 1 atom stereocenters. The van der Waals surface area contributed by atoms with Crippen molar-refractivity contribution < 1.29 is 27.6 Å². The Labute approximate surface area is 139 Å². The molecule has 0 fully saturated rings. The first-order valence-corrected chi connectivity index (χ1v) is 6.94. The molecule has 0 saturated carbocycles. The molecule has 0 bridgehead atoms. The highest BCUT2D eigenvalue weighted by atomic mass is 19.3. The smallest absolute Gasteiger partial charge is 0.387 e. The Hall–Kier alpha value is -3.11. The van der Waals surface area contributed by atoms with Crippen molar-refractivity contribution in [2.24, 2.45) is 0 Å². The van der Waals surface area contributed by atoms with Crippen molar-refractivity contribution >= 4 is 17.3 Å². The maximum absolute atomic E-state index is 13.2. The Bertz CT molecular complexity index is 809. The lowest BCUT2D eigenvalue weighted by Crippen LogP contribution is -2.25. The second-order valence-electron chi connectivity index (χ2n) is 5.00. The molecule has 0 radical (unpaired) electrons. The van der Waals surface area contributed by atoms with Crippen molar-refractivity contribution in [3.63, 3.8) is 0 Å². The number of aromatic nitrogens is 2. The minimum absolute atomic E-state index is 0.149. The first kappa shape index (κ1) is 18.2. The number of hydrogen-bond acceptors (Lipinski definition) is 5. The normalized spacial score (nSPS) is 12.1. The van der Waals surface area contributed by atoms with Crippen molar-refractivity contribution in [3.05, 3.63) is 46.0 Å². The van der Waals surface area contributed by atoms with E-state index in [1.54, 1.807) is 0 Å². The molecule has 25 heavy (non-hydrogen) atoms. The van der Waals surface area contributed by atoms with Gasteiger partial charge >= 0.3 is 12.3 Å². The van der Waals surface area contributed by atoms with Crippen LogP contribution in [0.1, 0.15) is 18.7 Å². The van der Waals surface area contributed by atoms with Gasteiger partial charge in [-0.2, -0.15) is 13.9 Å². The second-order valence-corrected chi connectivity index (χ2v) is 5.00. The van der Waals surface area contributed by atoms with Crippen molar-refractivity contribution in [2.45, 2.75) is 26.5 Å². The SMILES string of the molecule is Cc1c([N+](=O)[O-])cnn1C(C)C(=O)Nc1ccc(F)cc1OC(F)F. The first-order valence-electron chi connectivity index (χ1n) is 6.94. The highest BCUT2D eigenvalue weighted by Gasteiger charge is 2.24. The molecule has 0 aliphatic heterocycles. The number of ether oxygens (including phenoxy) is 1. The molecule has 1 amide bonds. The van der Waals surface area contributed by atoms with Crippen molar-refractivity contribution in [2.75, 3.05) is 5.32 Å². The summed E-state index contributed by atoms with van der Waals surface area (Å²) in [6, 6.07) is 1.74. The number of nitrogens with zero attached hydrogens (tertiary/aromatic N) is 3. The Morgan fingerprint density at radius 1 is 1.44 bits per heavy atom. The van der Waals surface area contributed by atoms with E-state index in [4.69, 9.17) is 0 Å². The van der Waals surface area contributed by atoms with Gasteiger partial charge in [0.05, 0.1) is 10.6 Å². The summed E-state index contributed by atoms with van der Waals surface area (Å²) in [5, 5.41) is 16.9. The van der Waals surface area contributed by atoms with E-state index in [0.29, 0.717) is 6.07 Å². The molecule has 134 valence electrons. The zero-order chi connectivity index (χ0) is 18.7. The van der Waals surface area contributed by atoms with Crippen LogP contribution in [0.3, 0.4) is 0 Å². The number of carbonyl (C=O) groups excluding carboxylic acids is 1. The molecular formula is C14H13F3N4O4. The zero-order valence-corrected chi connectivity index (χ0v) is 13.1. The van der Waals surface area contributed by atoms with Crippen LogP contribution in [0.5, 0.6) is 5.75 Å². The average molecular weight is 358 g/mol. The molecule has 1 N–H and O–H groups in total. The van der Waals surface area contributed by atoms with Crippen LogP contribution in [-0.4, -0.2) is 27.2 Å². The summed E-state index contributed by atoms with van der Waals surface area (Å²) < 4.78 is 43.2. The lowest BCUT2D eigenvalue weighted by Gasteiger charge is -2.16. The number of benzene rings is 1. The third-order valence-electron chi connectivity index (χ3n) is 3.38. The summed E-state index contributed by atoms with van der Waals surface area (Å²) in [5.74, 6) is -2.06. The number of carbonyl (C=O) groups is 1. The fourth-order valence-corrected chi connectivity index (χ4v) is 2.13. The van der Waals surface area contributed by atoms with Crippen molar-refractivity contribution in [3.8, 4) is 5.75 Å². The van der Waals surface area contributed by atoms with Crippen LogP contribution >= 0.6 is 0 Å². The number of halogens is 3. The third-order valence-corrected chi connectivity index (χ3v) is 3.38. The van der Waals surface area contributed by atoms with Gasteiger partial charge in [0.1, 0.15) is 23.7 Å². The van der Waals surface area contributed by atoms with Gasteiger partial charge in [-0.25, -0.2) is 4.39 Å². The summed E-state index contributed by atoms with van der Waals surface area (Å²) in [4.78, 5) is 22.5. The van der Waals surface area contributed by atoms with Crippen LogP contribution in [-0.2, 0) is 4.79 Å². The summed E-state index contributed by atoms with van der Waals surface area (Å²) in [5.41, 5.74) is -0.281. The molecule has 1 unspecified atom stereocenters. The van der Waals surface area contributed by atoms with E-state index >= 15 is 0 Å². The van der Waals surface area contributed by atoms with Crippen LogP contribution in [0.4, 0.5) is 24.5 Å². The zero-order valence-electron chi connectivity index (χ0n) is 13.1. The summed E-state index contributed by atoms with van der Waals surface area (Å²) in [7, 11) is 0. The first-order chi connectivity index (χ1) is 11.7. The summed E-state index contributed by atoms with van der Waals surface area (Å²) >= 11 is 0. The molecule has 0 spiro atoms. The molecular weight excluding hydrogens is 345 g/mol. The minimum atomic E-state index is -3.20. The summed E-state index contributed by atoms with van der Waals surface area (Å²) in [6.45, 7) is -0.375. The third kappa shape index (κ3) is 4.05. The predicted molar refractivity (Wildman–Crippen MR) is 80.0 cm³/mol. The Morgan fingerprint density at radius 3 is 2.68 bits per heavy atom. The molecule has 1 aromatic heterocycles. The maximum Gasteiger partial charge on any atom is 0.387 e. The molecule has 0 saturated heterocycles. The molecule has 11 heteroatoms. The number of nitrogens with one attached hydrogen (secondary N) is 1. The van der Waals surface area contributed by atoms with Gasteiger partial charge < -0.3 is 10.1 Å². The lowest BCUT2D eigenvalue weighted by atomic mass is 10.2. The fourth-order valence-electron chi connectivity index (χ4n) is 2.13. The lowest BCUT2D eigenvalue weighted by molar-refractivity contribution is -0.385. The van der Waals surface area contributed by atoms with Gasteiger partial charge in [0.25, 0.3) is 0 Å². The Balaban J connectivity index is 2.23. The van der Waals surface area contributed by atoms with E-state index in [-0.39, 0.29) is 17.1 Å². The number of amides is 1. The van der Waals surface area contributed by atoms with E-state index in [0.717, 1.165) is 23.0 Å². The topological polar surface area (TPSA) is 99.3 Å². The van der Waals surface area contributed by atoms with Gasteiger partial charge in [-0.15, -0.1) is 0 Å². The molecule has 8 nitrogen and oxygen atoms in total. The quantitative estimate of drug-likeness (QED) is 0.632. The Morgan fingerprint density at radius 2 is 2.12 bits per heavy atom. The van der Waals surface area contributed by atoms with Crippen molar-refractivity contribution in [1.29, 1.82) is 0 Å². The van der Waals surface area contributed by atoms with Crippen LogP contribution in [0.2, 0.25) is 0 Å². The van der Waals surface area contributed by atoms with E-state index in [1.807, 2.05) is 0 Å². The van der Waals surface area contributed by atoms with Gasteiger partial charge in [-0.1, -0.05) is 0 Å². The van der Waals surface area contributed by atoms with E-state index in [2.05, 4.69) is 15.2 Å². The molecule has 1 aromatic carbocycles. The fraction of sp³-hybridized carbons (Fsp3) is 0.286. The number of anilines is 1. The number of rotatable bonds is 6. The maximum atomic E-state index is 13.2. The van der Waals surface area contributed by atoms with Gasteiger partial charge in [0.15, 0.2) is 5.75 Å². The Kier molecular flexibility index (Phi) is 5.25. The van der Waals surface area contributed by atoms with Crippen LogP contribution < -0.4 is 10.1 Å². The number of nitro groups is 1. The van der Waals surface area contributed by atoms with Gasteiger partial charge in [0, 0.05) is 6.07 Å². The average Bonchev–Trinajstić information content (AvgIpc) is 2.90. The second kappa shape index (κ2) is 7.20. The van der Waals surface area contributed by atoms with E-state index < -0.39 is 35.1 Å². The molecule has 0 aliphatic carbocycles. The summed E-state index contributed by atoms with van der Waals surface area (Å²) in [6.07, 6.45) is 1.00. The minimum Gasteiger partial charge on any atom is -0.432 e. The standard InChI is InChI=1S/C14H13F3N4O4/c1-7-11(21(23)24)6-18-20(7)8(2)13(22)19-10-4-3-9(15)5-12(10)25-14(16)17/h3-6,8,14H,1-2H3,(H,19,22). The highest BCUT2D eigenvalue weighted by Crippen LogP contribution is 2.28. The largest absolute Gasteiger partial charge is 0.432 e. The number of alkyl halides is 2. The van der Waals surface area contributed by atoms with Gasteiger partial charge in [-0.3, -0.25) is 19.6 Å². The van der Waals surface area contributed by atoms with E-state index in [1.165, 1.54) is 13.8 Å². The monoisotopic (exact) mass is 358 g/mol. The van der Waals surface area contributed by atoms with Crippen LogP contribution in [0.15, 0.2) is 24.4 Å². The molecule has 2 rings (SSSR count). The predicted octanol–water partition coefficient (Wildman–Crippen LogP) is 3.04. The highest BCUT2D eigenvalue weighted by molar-refractivity contribution is 5.94.